The normalized spacial score (nSPS) is 18.7. The number of methoxy groups -OCH3 is 2. The van der Waals surface area contributed by atoms with Crippen LogP contribution < -0.4 is 9.47 Å². The number of ketones is 1. The third kappa shape index (κ3) is 5.23. The van der Waals surface area contributed by atoms with Gasteiger partial charge in [0.05, 0.1) is 20.1 Å². The van der Waals surface area contributed by atoms with E-state index >= 15 is 0 Å². The lowest BCUT2D eigenvalue weighted by Crippen LogP contribution is -2.28. The van der Waals surface area contributed by atoms with Crippen molar-refractivity contribution >= 4 is 43.7 Å². The first-order chi connectivity index (χ1) is 18.5. The summed E-state index contributed by atoms with van der Waals surface area (Å²) in [5.74, 6) is 1.04. The van der Waals surface area contributed by atoms with Crippen LogP contribution in [-0.2, 0) is 0 Å². The average molecular weight is 632 g/mol. The summed E-state index contributed by atoms with van der Waals surface area (Å²) in [6.07, 6.45) is 5.18. The van der Waals surface area contributed by atoms with Crippen LogP contribution in [0.5, 0.6) is 11.5 Å². The minimum Gasteiger partial charge on any atom is -0.493 e. The summed E-state index contributed by atoms with van der Waals surface area (Å²) < 4.78 is 13.5. The minimum absolute atomic E-state index is 0.0438. The van der Waals surface area contributed by atoms with E-state index in [0.29, 0.717) is 17.1 Å². The van der Waals surface area contributed by atoms with E-state index in [0.717, 1.165) is 37.6 Å². The SMILES string of the molecule is COc1cc2c(cc1OC)[C@@H](C(=O)c1ccccc1)[C@H](c1ccccc1Br)C[C@H]2/C=C/c1ccccc1Br. The molecule has 0 fully saturated rings. The van der Waals surface area contributed by atoms with Crippen molar-refractivity contribution in [2.24, 2.45) is 0 Å². The largest absolute Gasteiger partial charge is 0.493 e. The Bertz CT molecular complexity index is 1480. The van der Waals surface area contributed by atoms with Crippen molar-refractivity contribution in [2.45, 2.75) is 24.2 Å². The van der Waals surface area contributed by atoms with E-state index in [1.807, 2.05) is 72.8 Å². The second kappa shape index (κ2) is 11.7. The molecule has 0 aliphatic heterocycles. The van der Waals surface area contributed by atoms with Crippen LogP contribution in [-0.4, -0.2) is 20.0 Å². The van der Waals surface area contributed by atoms with Gasteiger partial charge >= 0.3 is 0 Å². The maximum absolute atomic E-state index is 14.2. The fourth-order valence-corrected chi connectivity index (χ4v) is 6.45. The molecule has 3 atom stereocenters. The van der Waals surface area contributed by atoms with E-state index in [1.165, 1.54) is 0 Å². The number of hydrogen-bond acceptors (Lipinski definition) is 3. The first-order valence-electron chi connectivity index (χ1n) is 12.5. The van der Waals surface area contributed by atoms with Crippen molar-refractivity contribution in [1.82, 2.24) is 0 Å². The average Bonchev–Trinajstić information content (AvgIpc) is 2.96. The predicted octanol–water partition coefficient (Wildman–Crippen LogP) is 9.18. The number of carbonyl (C=O) groups is 1. The number of halogens is 2. The second-order valence-electron chi connectivity index (χ2n) is 9.39. The molecule has 0 N–H and O–H groups in total. The summed E-state index contributed by atoms with van der Waals surface area (Å²) >= 11 is 7.45. The molecule has 192 valence electrons. The molecule has 0 saturated heterocycles. The Labute approximate surface area is 240 Å². The lowest BCUT2D eigenvalue weighted by Gasteiger charge is -2.38. The van der Waals surface area contributed by atoms with Gasteiger partial charge in [-0.1, -0.05) is 111 Å². The first-order valence-corrected chi connectivity index (χ1v) is 14.1. The van der Waals surface area contributed by atoms with Crippen molar-refractivity contribution in [3.8, 4) is 11.5 Å². The fourth-order valence-electron chi connectivity index (χ4n) is 5.45. The standard InChI is InChI=1S/C33H28Br2O3/c1-37-30-19-25-23(17-16-21-10-6-8-14-28(21)34)18-26(24-13-7-9-15-29(24)35)32(27(25)20-31(30)38-2)33(36)22-11-4-3-5-12-22/h3-17,19-20,23,26,32H,18H2,1-2H3/b17-16+/t23-,26+,32+/m1/s1. The molecule has 4 aromatic rings. The fraction of sp³-hybridized carbons (Fsp3) is 0.182. The van der Waals surface area contributed by atoms with E-state index in [-0.39, 0.29) is 23.5 Å². The van der Waals surface area contributed by atoms with Crippen LogP contribution in [0.25, 0.3) is 6.08 Å². The van der Waals surface area contributed by atoms with Gasteiger partial charge in [0.1, 0.15) is 0 Å². The summed E-state index contributed by atoms with van der Waals surface area (Å²) in [5, 5.41) is 0. The van der Waals surface area contributed by atoms with Gasteiger partial charge in [-0.3, -0.25) is 4.79 Å². The number of allylic oxidation sites excluding steroid dienone is 1. The maximum atomic E-state index is 14.2. The van der Waals surface area contributed by atoms with Crippen LogP contribution in [0.15, 0.2) is 106 Å². The van der Waals surface area contributed by atoms with E-state index in [4.69, 9.17) is 9.47 Å². The Morgan fingerprint density at radius 3 is 2.03 bits per heavy atom. The van der Waals surface area contributed by atoms with Crippen LogP contribution in [0.2, 0.25) is 0 Å². The number of hydrogen-bond donors (Lipinski definition) is 0. The Morgan fingerprint density at radius 1 is 0.763 bits per heavy atom. The first kappa shape index (κ1) is 26.5. The quantitative estimate of drug-likeness (QED) is 0.191. The number of carbonyl (C=O) groups excluding carboxylic acids is 1. The van der Waals surface area contributed by atoms with Gasteiger partial charge in [-0.15, -0.1) is 0 Å². The highest BCUT2D eigenvalue weighted by Crippen LogP contribution is 2.53. The van der Waals surface area contributed by atoms with Crippen molar-refractivity contribution in [3.63, 3.8) is 0 Å². The summed E-state index contributed by atoms with van der Waals surface area (Å²) in [6, 6.07) is 30.0. The van der Waals surface area contributed by atoms with Crippen molar-refractivity contribution in [2.75, 3.05) is 14.2 Å². The Morgan fingerprint density at radius 2 is 1.37 bits per heavy atom. The highest BCUT2D eigenvalue weighted by molar-refractivity contribution is 9.10. The van der Waals surface area contributed by atoms with Gasteiger partial charge in [-0.2, -0.15) is 0 Å². The monoisotopic (exact) mass is 630 g/mol. The Kier molecular flexibility index (Phi) is 8.15. The van der Waals surface area contributed by atoms with E-state index in [2.05, 4.69) is 62.2 Å². The summed E-state index contributed by atoms with van der Waals surface area (Å²) in [7, 11) is 3.28. The molecule has 1 aliphatic rings. The number of fused-ring (bicyclic) bond motifs is 1. The molecular formula is C33H28Br2O3. The van der Waals surface area contributed by atoms with Gasteiger partial charge in [-0.05, 0) is 52.9 Å². The lowest BCUT2D eigenvalue weighted by atomic mass is 9.65. The molecule has 0 heterocycles. The van der Waals surface area contributed by atoms with Crippen LogP contribution in [0.4, 0.5) is 0 Å². The highest BCUT2D eigenvalue weighted by atomic mass is 79.9. The minimum atomic E-state index is -0.376. The molecule has 3 nitrogen and oxygen atoms in total. The van der Waals surface area contributed by atoms with Gasteiger partial charge in [0.25, 0.3) is 0 Å². The molecular weight excluding hydrogens is 604 g/mol. The van der Waals surface area contributed by atoms with Crippen LogP contribution in [0.3, 0.4) is 0 Å². The zero-order valence-corrected chi connectivity index (χ0v) is 24.4. The zero-order chi connectivity index (χ0) is 26.6. The molecule has 0 aromatic heterocycles. The highest BCUT2D eigenvalue weighted by Gasteiger charge is 2.41. The van der Waals surface area contributed by atoms with Crippen LogP contribution in [0, 0.1) is 0 Å². The van der Waals surface area contributed by atoms with E-state index in [1.54, 1.807) is 14.2 Å². The molecule has 0 bridgehead atoms. The Balaban J connectivity index is 1.72. The second-order valence-corrected chi connectivity index (χ2v) is 11.1. The molecule has 1 aliphatic carbocycles. The van der Waals surface area contributed by atoms with E-state index in [9.17, 15) is 4.79 Å². The molecule has 0 spiro atoms. The van der Waals surface area contributed by atoms with Crippen molar-refractivity contribution < 1.29 is 14.3 Å². The molecule has 4 aromatic carbocycles. The molecule has 5 rings (SSSR count). The molecule has 0 radical (unpaired) electrons. The molecule has 0 amide bonds. The third-order valence-corrected chi connectivity index (χ3v) is 8.74. The van der Waals surface area contributed by atoms with Crippen molar-refractivity contribution in [1.29, 1.82) is 0 Å². The lowest BCUT2D eigenvalue weighted by molar-refractivity contribution is 0.0938. The van der Waals surface area contributed by atoms with Crippen LogP contribution in [0.1, 0.15) is 56.8 Å². The van der Waals surface area contributed by atoms with Gasteiger partial charge < -0.3 is 9.47 Å². The summed E-state index contributed by atoms with van der Waals surface area (Å²) in [5.41, 5.74) is 5.00. The molecule has 0 unspecified atom stereocenters. The van der Waals surface area contributed by atoms with Crippen molar-refractivity contribution in [3.05, 3.63) is 134 Å². The zero-order valence-electron chi connectivity index (χ0n) is 21.2. The topological polar surface area (TPSA) is 35.5 Å². The Hall–Kier alpha value is -3.15. The number of Topliss-reactive ketones (excluding diaryl/α,β-unsaturated/α-hetero) is 1. The van der Waals surface area contributed by atoms with Gasteiger partial charge in [0.2, 0.25) is 0 Å². The number of benzene rings is 4. The van der Waals surface area contributed by atoms with Gasteiger partial charge in [-0.25, -0.2) is 0 Å². The predicted molar refractivity (Wildman–Crippen MR) is 160 cm³/mol. The third-order valence-electron chi connectivity index (χ3n) is 7.29. The molecule has 5 heteroatoms. The maximum Gasteiger partial charge on any atom is 0.170 e. The number of ether oxygens (including phenoxy) is 2. The smallest absolute Gasteiger partial charge is 0.170 e. The van der Waals surface area contributed by atoms with Gasteiger partial charge in [0, 0.05) is 26.3 Å². The van der Waals surface area contributed by atoms with E-state index < -0.39 is 0 Å². The van der Waals surface area contributed by atoms with Gasteiger partial charge in [0.15, 0.2) is 17.3 Å². The number of rotatable bonds is 7. The summed E-state index contributed by atoms with van der Waals surface area (Å²) in [6.45, 7) is 0. The molecule has 0 saturated carbocycles. The summed E-state index contributed by atoms with van der Waals surface area (Å²) in [4.78, 5) is 14.2. The molecule has 38 heavy (non-hydrogen) atoms. The van der Waals surface area contributed by atoms with Crippen LogP contribution >= 0.6 is 31.9 Å².